The summed E-state index contributed by atoms with van der Waals surface area (Å²) >= 11 is 1.45. The first-order valence-electron chi connectivity index (χ1n) is 9.85. The first-order valence-corrected chi connectivity index (χ1v) is 10.8. The van der Waals surface area contributed by atoms with Crippen molar-refractivity contribution >= 4 is 35.0 Å². The van der Waals surface area contributed by atoms with Gasteiger partial charge in [-0.05, 0) is 42.0 Å². The van der Waals surface area contributed by atoms with Gasteiger partial charge >= 0.3 is 0 Å². The van der Waals surface area contributed by atoms with Gasteiger partial charge in [0.15, 0.2) is 11.5 Å². The van der Waals surface area contributed by atoms with Gasteiger partial charge in [-0.1, -0.05) is 23.9 Å². The Morgan fingerprint density at radius 2 is 1.87 bits per heavy atom. The summed E-state index contributed by atoms with van der Waals surface area (Å²) in [4.78, 5) is 31.2. The predicted molar refractivity (Wildman–Crippen MR) is 118 cm³/mol. The average molecular weight is 433 g/mol. The zero-order valence-electron chi connectivity index (χ0n) is 16.5. The number of pyridine rings is 1. The van der Waals surface area contributed by atoms with Crippen molar-refractivity contribution in [3.05, 3.63) is 71.9 Å². The molecule has 5 rings (SSSR count). The van der Waals surface area contributed by atoms with E-state index in [1.165, 1.54) is 11.8 Å². The van der Waals surface area contributed by atoms with Crippen LogP contribution in [0.3, 0.4) is 0 Å². The molecule has 156 valence electrons. The molecule has 0 bridgehead atoms. The largest absolute Gasteiger partial charge is 0.486 e. The first-order chi connectivity index (χ1) is 15.2. The molecule has 0 atom stereocenters. The standard InChI is InChI=1S/C23H19N3O4S/c27-21-14-31-23-18(2-1-9-24-23)26(21)13-15-3-5-16(6-4-15)22(28)25-17-7-8-19-20(12-17)30-11-10-29-19/h1-9,12H,10-11,13-14H2,(H,25,28). The molecule has 31 heavy (non-hydrogen) atoms. The van der Waals surface area contributed by atoms with Gasteiger partial charge < -0.3 is 19.7 Å². The van der Waals surface area contributed by atoms with Gasteiger partial charge in [0.1, 0.15) is 18.2 Å². The van der Waals surface area contributed by atoms with Crippen molar-refractivity contribution in [3.8, 4) is 11.5 Å². The topological polar surface area (TPSA) is 80.8 Å². The summed E-state index contributed by atoms with van der Waals surface area (Å²) in [5.41, 5.74) is 2.93. The van der Waals surface area contributed by atoms with Crippen LogP contribution in [-0.2, 0) is 11.3 Å². The molecule has 0 spiro atoms. The molecule has 7 nitrogen and oxygen atoms in total. The van der Waals surface area contributed by atoms with E-state index in [9.17, 15) is 9.59 Å². The van der Waals surface area contributed by atoms with E-state index >= 15 is 0 Å². The van der Waals surface area contributed by atoms with Gasteiger partial charge in [-0.15, -0.1) is 0 Å². The van der Waals surface area contributed by atoms with Crippen molar-refractivity contribution in [3.63, 3.8) is 0 Å². The summed E-state index contributed by atoms with van der Waals surface area (Å²) in [6.07, 6.45) is 1.73. The molecule has 0 saturated carbocycles. The Hall–Kier alpha value is -3.52. The number of hydrogen-bond acceptors (Lipinski definition) is 6. The number of amides is 2. The normalized spacial score (nSPS) is 14.7. The molecule has 0 aliphatic carbocycles. The minimum atomic E-state index is -0.219. The molecule has 3 aromatic rings. The number of nitrogens with zero attached hydrogens (tertiary/aromatic N) is 2. The Morgan fingerprint density at radius 1 is 1.06 bits per heavy atom. The lowest BCUT2D eigenvalue weighted by molar-refractivity contribution is -0.116. The van der Waals surface area contributed by atoms with Gasteiger partial charge in [-0.2, -0.15) is 0 Å². The number of rotatable bonds is 4. The van der Waals surface area contributed by atoms with Crippen LogP contribution in [0.1, 0.15) is 15.9 Å². The fourth-order valence-electron chi connectivity index (χ4n) is 3.48. The third kappa shape index (κ3) is 4.06. The Labute approximate surface area is 183 Å². The van der Waals surface area contributed by atoms with Crippen molar-refractivity contribution in [2.75, 3.05) is 29.2 Å². The molecule has 0 unspecified atom stereocenters. The fraction of sp³-hybridized carbons (Fsp3) is 0.174. The van der Waals surface area contributed by atoms with Crippen LogP contribution in [0.4, 0.5) is 11.4 Å². The lowest BCUT2D eigenvalue weighted by atomic mass is 10.1. The van der Waals surface area contributed by atoms with E-state index in [2.05, 4.69) is 10.3 Å². The van der Waals surface area contributed by atoms with E-state index in [1.807, 2.05) is 24.3 Å². The molecule has 1 N–H and O–H groups in total. The number of hydrogen-bond donors (Lipinski definition) is 1. The molecule has 0 fully saturated rings. The molecule has 1 aromatic heterocycles. The van der Waals surface area contributed by atoms with Gasteiger partial charge in [0, 0.05) is 23.5 Å². The highest BCUT2D eigenvalue weighted by Crippen LogP contribution is 2.34. The second kappa shape index (κ2) is 8.31. The molecular weight excluding hydrogens is 414 g/mol. The van der Waals surface area contributed by atoms with Crippen LogP contribution in [0.25, 0.3) is 0 Å². The van der Waals surface area contributed by atoms with Crippen LogP contribution >= 0.6 is 11.8 Å². The summed E-state index contributed by atoms with van der Waals surface area (Å²) in [5.74, 6) is 1.50. The summed E-state index contributed by atoms with van der Waals surface area (Å²) in [6.45, 7) is 1.45. The summed E-state index contributed by atoms with van der Waals surface area (Å²) in [7, 11) is 0. The van der Waals surface area contributed by atoms with Crippen LogP contribution in [0.5, 0.6) is 11.5 Å². The second-order valence-electron chi connectivity index (χ2n) is 7.11. The molecule has 0 radical (unpaired) electrons. The van der Waals surface area contributed by atoms with Crippen LogP contribution < -0.4 is 19.7 Å². The number of nitrogens with one attached hydrogen (secondary N) is 1. The fourth-order valence-corrected chi connectivity index (χ4v) is 4.36. The molecular formula is C23H19N3O4S. The van der Waals surface area contributed by atoms with E-state index in [0.29, 0.717) is 48.3 Å². The van der Waals surface area contributed by atoms with E-state index in [-0.39, 0.29) is 11.8 Å². The smallest absolute Gasteiger partial charge is 0.255 e. The van der Waals surface area contributed by atoms with Gasteiger partial charge in [-0.25, -0.2) is 4.98 Å². The third-order valence-electron chi connectivity index (χ3n) is 5.03. The highest BCUT2D eigenvalue weighted by atomic mass is 32.2. The van der Waals surface area contributed by atoms with Crippen LogP contribution in [-0.4, -0.2) is 35.8 Å². The molecule has 8 heteroatoms. The zero-order valence-corrected chi connectivity index (χ0v) is 17.4. The van der Waals surface area contributed by atoms with E-state index in [1.54, 1.807) is 41.4 Å². The highest BCUT2D eigenvalue weighted by Gasteiger charge is 2.25. The summed E-state index contributed by atoms with van der Waals surface area (Å²) < 4.78 is 11.1. The first kappa shape index (κ1) is 19.4. The number of aromatic nitrogens is 1. The molecule has 0 saturated heterocycles. The minimum Gasteiger partial charge on any atom is -0.486 e. The Kier molecular flexibility index (Phi) is 5.21. The monoisotopic (exact) mass is 433 g/mol. The Morgan fingerprint density at radius 3 is 2.71 bits per heavy atom. The molecule has 2 aromatic carbocycles. The Balaban J connectivity index is 1.28. The van der Waals surface area contributed by atoms with Crippen molar-refractivity contribution in [2.45, 2.75) is 11.6 Å². The van der Waals surface area contributed by atoms with Crippen LogP contribution in [0, 0.1) is 0 Å². The van der Waals surface area contributed by atoms with Crippen molar-refractivity contribution in [1.82, 2.24) is 4.98 Å². The van der Waals surface area contributed by atoms with E-state index in [0.717, 1.165) is 16.3 Å². The number of thioether (sulfide) groups is 1. The maximum absolute atomic E-state index is 12.6. The molecule has 3 heterocycles. The van der Waals surface area contributed by atoms with Gasteiger partial charge in [-0.3, -0.25) is 9.59 Å². The average Bonchev–Trinajstić information content (AvgIpc) is 2.81. The quantitative estimate of drug-likeness (QED) is 0.675. The summed E-state index contributed by atoms with van der Waals surface area (Å²) in [5, 5.41) is 3.74. The maximum Gasteiger partial charge on any atom is 0.255 e. The second-order valence-corrected chi connectivity index (χ2v) is 8.07. The number of carbonyl (C=O) groups excluding carboxylic acids is 2. The summed E-state index contributed by atoms with van der Waals surface area (Å²) in [6, 6.07) is 16.3. The molecule has 2 amide bonds. The maximum atomic E-state index is 12.6. The lowest BCUT2D eigenvalue weighted by Gasteiger charge is -2.28. The number of anilines is 2. The van der Waals surface area contributed by atoms with Crippen molar-refractivity contribution < 1.29 is 19.1 Å². The van der Waals surface area contributed by atoms with Gasteiger partial charge in [0.25, 0.3) is 5.91 Å². The number of fused-ring (bicyclic) bond motifs is 2. The minimum absolute atomic E-state index is 0.0472. The highest BCUT2D eigenvalue weighted by molar-refractivity contribution is 8.00. The number of ether oxygens (including phenoxy) is 2. The van der Waals surface area contributed by atoms with Crippen molar-refractivity contribution in [1.29, 1.82) is 0 Å². The zero-order chi connectivity index (χ0) is 21.2. The predicted octanol–water partition coefficient (Wildman–Crippen LogP) is 3.74. The molecule has 2 aliphatic rings. The van der Waals surface area contributed by atoms with E-state index < -0.39 is 0 Å². The van der Waals surface area contributed by atoms with Crippen LogP contribution in [0.2, 0.25) is 0 Å². The number of carbonyl (C=O) groups is 2. The van der Waals surface area contributed by atoms with Gasteiger partial charge in [0.05, 0.1) is 18.0 Å². The Bertz CT molecular complexity index is 1150. The van der Waals surface area contributed by atoms with E-state index in [4.69, 9.17) is 9.47 Å². The van der Waals surface area contributed by atoms with Gasteiger partial charge in [0.2, 0.25) is 5.91 Å². The lowest BCUT2D eigenvalue weighted by Crippen LogP contribution is -2.35. The SMILES string of the molecule is O=C(Nc1ccc2c(c1)OCCO2)c1ccc(CN2C(=O)CSc3ncccc32)cc1. The van der Waals surface area contributed by atoms with Crippen LogP contribution in [0.15, 0.2) is 65.8 Å². The third-order valence-corrected chi connectivity index (χ3v) is 6.01. The molecule has 2 aliphatic heterocycles. The number of benzene rings is 2. The van der Waals surface area contributed by atoms with Crippen molar-refractivity contribution in [2.24, 2.45) is 0 Å².